The van der Waals surface area contributed by atoms with Gasteiger partial charge in [-0.05, 0) is 50.9 Å². The lowest BCUT2D eigenvalue weighted by Gasteiger charge is -2.34. The van der Waals surface area contributed by atoms with Crippen molar-refractivity contribution in [3.63, 3.8) is 0 Å². The fourth-order valence-electron chi connectivity index (χ4n) is 3.01. The summed E-state index contributed by atoms with van der Waals surface area (Å²) in [5.74, 6) is 0.678. The summed E-state index contributed by atoms with van der Waals surface area (Å²) in [6, 6.07) is 2.33. The Labute approximate surface area is 115 Å². The van der Waals surface area contributed by atoms with Crippen LogP contribution in [0.4, 0.5) is 0 Å². The van der Waals surface area contributed by atoms with Crippen LogP contribution in [0.3, 0.4) is 0 Å². The fourth-order valence-corrected chi connectivity index (χ4v) is 3.01. The highest BCUT2D eigenvalue weighted by molar-refractivity contribution is 5.77. The number of rotatable bonds is 4. The molecule has 2 rings (SSSR count). The zero-order chi connectivity index (χ0) is 13.7. The van der Waals surface area contributed by atoms with Crippen molar-refractivity contribution in [1.82, 2.24) is 5.32 Å². The molecule has 0 aromatic rings. The van der Waals surface area contributed by atoms with Crippen molar-refractivity contribution < 1.29 is 9.53 Å². The van der Waals surface area contributed by atoms with Gasteiger partial charge < -0.3 is 10.1 Å². The molecule has 1 saturated heterocycles. The third-order valence-electron chi connectivity index (χ3n) is 4.44. The minimum Gasteiger partial charge on any atom is -0.378 e. The Hall–Kier alpha value is -1.08. The van der Waals surface area contributed by atoms with Gasteiger partial charge in [0.1, 0.15) is 5.54 Å². The standard InChI is InChI=1S/C15H24N2O2/c1-12-6-8-15(11-16,9-7-12)17-14(18)5-4-13-3-2-10-19-13/h12-13H,2-10H2,1H3,(H,17,18). The highest BCUT2D eigenvalue weighted by atomic mass is 16.5. The van der Waals surface area contributed by atoms with Crippen LogP contribution in [-0.4, -0.2) is 24.2 Å². The molecule has 1 amide bonds. The van der Waals surface area contributed by atoms with Gasteiger partial charge in [-0.15, -0.1) is 0 Å². The Morgan fingerprint density at radius 2 is 2.16 bits per heavy atom. The summed E-state index contributed by atoms with van der Waals surface area (Å²) >= 11 is 0. The maximum Gasteiger partial charge on any atom is 0.221 e. The van der Waals surface area contributed by atoms with Crippen molar-refractivity contribution >= 4 is 5.91 Å². The van der Waals surface area contributed by atoms with Gasteiger partial charge in [0.25, 0.3) is 0 Å². The smallest absolute Gasteiger partial charge is 0.221 e. The van der Waals surface area contributed by atoms with E-state index in [9.17, 15) is 10.1 Å². The first kappa shape index (κ1) is 14.3. The number of hydrogen-bond donors (Lipinski definition) is 1. The molecule has 106 valence electrons. The predicted octanol–water partition coefficient (Wildman–Crippen LogP) is 2.53. The Morgan fingerprint density at radius 1 is 1.42 bits per heavy atom. The maximum atomic E-state index is 12.0. The normalized spacial score (nSPS) is 34.7. The van der Waals surface area contributed by atoms with Crippen LogP contribution >= 0.6 is 0 Å². The Morgan fingerprint density at radius 3 is 2.74 bits per heavy atom. The number of nitrogens with one attached hydrogen (secondary N) is 1. The van der Waals surface area contributed by atoms with Gasteiger partial charge in [0.05, 0.1) is 12.2 Å². The van der Waals surface area contributed by atoms with Crippen molar-refractivity contribution in [2.45, 2.75) is 69.9 Å². The molecule has 0 radical (unpaired) electrons. The van der Waals surface area contributed by atoms with Gasteiger partial charge in [-0.3, -0.25) is 4.79 Å². The van der Waals surface area contributed by atoms with E-state index in [2.05, 4.69) is 18.3 Å². The van der Waals surface area contributed by atoms with Gasteiger partial charge in [-0.25, -0.2) is 0 Å². The third kappa shape index (κ3) is 3.94. The zero-order valence-electron chi connectivity index (χ0n) is 11.8. The molecule has 19 heavy (non-hydrogen) atoms. The van der Waals surface area contributed by atoms with E-state index < -0.39 is 5.54 Å². The lowest BCUT2D eigenvalue weighted by molar-refractivity contribution is -0.123. The average Bonchev–Trinajstić information content (AvgIpc) is 2.93. The van der Waals surface area contributed by atoms with Gasteiger partial charge in [0.15, 0.2) is 0 Å². The highest BCUT2D eigenvalue weighted by Crippen LogP contribution is 2.31. The van der Waals surface area contributed by atoms with E-state index in [-0.39, 0.29) is 12.0 Å². The number of nitriles is 1. The van der Waals surface area contributed by atoms with Crippen LogP contribution in [0.1, 0.15) is 58.3 Å². The van der Waals surface area contributed by atoms with Gasteiger partial charge in [0, 0.05) is 13.0 Å². The van der Waals surface area contributed by atoms with E-state index in [4.69, 9.17) is 4.74 Å². The van der Waals surface area contributed by atoms with Crippen LogP contribution in [-0.2, 0) is 9.53 Å². The molecule has 4 heteroatoms. The van der Waals surface area contributed by atoms with Crippen LogP contribution in [0.25, 0.3) is 0 Å². The molecular formula is C15H24N2O2. The van der Waals surface area contributed by atoms with E-state index >= 15 is 0 Å². The molecule has 1 aliphatic heterocycles. The molecule has 1 saturated carbocycles. The lowest BCUT2D eigenvalue weighted by atomic mass is 9.78. The highest BCUT2D eigenvalue weighted by Gasteiger charge is 2.35. The molecule has 4 nitrogen and oxygen atoms in total. The molecule has 1 atom stereocenters. The SMILES string of the molecule is CC1CCC(C#N)(NC(=O)CCC2CCCO2)CC1. The molecule has 0 aromatic heterocycles. The summed E-state index contributed by atoms with van der Waals surface area (Å²) in [6.45, 7) is 3.03. The molecule has 1 N–H and O–H groups in total. The zero-order valence-corrected chi connectivity index (χ0v) is 11.8. The second-order valence-corrected chi connectivity index (χ2v) is 6.10. The number of carbonyl (C=O) groups is 1. The maximum absolute atomic E-state index is 12.0. The molecular weight excluding hydrogens is 240 g/mol. The van der Waals surface area contributed by atoms with E-state index in [0.717, 1.165) is 51.6 Å². The summed E-state index contributed by atoms with van der Waals surface area (Å²) in [4.78, 5) is 12.0. The topological polar surface area (TPSA) is 62.1 Å². The minimum atomic E-state index is -0.611. The Bertz CT molecular complexity index is 348. The van der Waals surface area contributed by atoms with Crippen LogP contribution < -0.4 is 5.32 Å². The third-order valence-corrected chi connectivity index (χ3v) is 4.44. The Balaban J connectivity index is 1.77. The molecule has 0 aromatic carbocycles. The van der Waals surface area contributed by atoms with Gasteiger partial charge in [-0.1, -0.05) is 6.92 Å². The van der Waals surface area contributed by atoms with E-state index in [1.165, 1.54) is 0 Å². The van der Waals surface area contributed by atoms with Crippen LogP contribution in [0.5, 0.6) is 0 Å². The van der Waals surface area contributed by atoms with Gasteiger partial charge >= 0.3 is 0 Å². The number of ether oxygens (including phenoxy) is 1. The van der Waals surface area contributed by atoms with E-state index in [0.29, 0.717) is 12.3 Å². The summed E-state index contributed by atoms with van der Waals surface area (Å²) in [5.41, 5.74) is -0.611. The second kappa shape index (κ2) is 6.38. The first-order valence-corrected chi connectivity index (χ1v) is 7.47. The van der Waals surface area contributed by atoms with Crippen molar-refractivity contribution in [1.29, 1.82) is 5.26 Å². The molecule has 1 heterocycles. The van der Waals surface area contributed by atoms with Gasteiger partial charge in [-0.2, -0.15) is 5.26 Å². The van der Waals surface area contributed by atoms with E-state index in [1.807, 2.05) is 0 Å². The number of nitrogens with zero attached hydrogens (tertiary/aromatic N) is 1. The Kier molecular flexibility index (Phi) is 4.81. The largest absolute Gasteiger partial charge is 0.378 e. The molecule has 2 fully saturated rings. The molecule has 1 unspecified atom stereocenters. The minimum absolute atomic E-state index is 0.00611. The average molecular weight is 264 g/mol. The summed E-state index contributed by atoms with van der Waals surface area (Å²) in [7, 11) is 0. The van der Waals surface area contributed by atoms with E-state index in [1.54, 1.807) is 0 Å². The quantitative estimate of drug-likeness (QED) is 0.848. The number of hydrogen-bond acceptors (Lipinski definition) is 3. The fraction of sp³-hybridized carbons (Fsp3) is 0.867. The molecule has 1 aliphatic carbocycles. The van der Waals surface area contributed by atoms with Crippen LogP contribution in [0, 0.1) is 17.2 Å². The molecule has 2 aliphatic rings. The van der Waals surface area contributed by atoms with Crippen molar-refractivity contribution in [2.75, 3.05) is 6.61 Å². The number of amides is 1. The first-order valence-electron chi connectivity index (χ1n) is 7.47. The first-order chi connectivity index (χ1) is 9.13. The summed E-state index contributed by atoms with van der Waals surface area (Å²) < 4.78 is 5.51. The van der Waals surface area contributed by atoms with Crippen LogP contribution in [0.15, 0.2) is 0 Å². The predicted molar refractivity (Wildman–Crippen MR) is 72.3 cm³/mol. The van der Waals surface area contributed by atoms with Crippen LogP contribution in [0.2, 0.25) is 0 Å². The summed E-state index contributed by atoms with van der Waals surface area (Å²) in [5, 5.41) is 12.3. The summed E-state index contributed by atoms with van der Waals surface area (Å²) in [6.07, 6.45) is 7.30. The van der Waals surface area contributed by atoms with Gasteiger partial charge in [0.2, 0.25) is 5.91 Å². The number of carbonyl (C=O) groups excluding carboxylic acids is 1. The lowest BCUT2D eigenvalue weighted by Crippen LogP contribution is -2.49. The molecule has 0 spiro atoms. The second-order valence-electron chi connectivity index (χ2n) is 6.10. The van der Waals surface area contributed by atoms with Crippen molar-refractivity contribution in [3.8, 4) is 6.07 Å². The van der Waals surface area contributed by atoms with Crippen molar-refractivity contribution in [3.05, 3.63) is 0 Å². The molecule has 0 bridgehead atoms. The van der Waals surface area contributed by atoms with Crippen molar-refractivity contribution in [2.24, 2.45) is 5.92 Å². The monoisotopic (exact) mass is 264 g/mol.